The average molecular weight is 287 g/mol. The molecule has 0 amide bonds. The fourth-order valence-corrected chi connectivity index (χ4v) is 2.42. The third-order valence-electron chi connectivity index (χ3n) is 3.29. The molecular weight excluding hydrogens is 267 g/mol. The van der Waals surface area contributed by atoms with Gasteiger partial charge < -0.3 is 10.1 Å². The van der Waals surface area contributed by atoms with Crippen molar-refractivity contribution in [1.82, 2.24) is 10.2 Å². The Morgan fingerprint density at radius 3 is 2.84 bits per heavy atom. The second kappa shape index (κ2) is 7.20. The highest BCUT2D eigenvalue weighted by atomic mass is 35.5. The molecular formula is C14H20ClFN2O. The minimum absolute atomic E-state index is 0.296. The van der Waals surface area contributed by atoms with E-state index in [1.54, 1.807) is 6.07 Å². The molecule has 5 heteroatoms. The van der Waals surface area contributed by atoms with Crippen LogP contribution in [0.2, 0.25) is 5.02 Å². The first kappa shape index (κ1) is 14.7. The summed E-state index contributed by atoms with van der Waals surface area (Å²) in [5, 5.41) is 3.89. The van der Waals surface area contributed by atoms with Crippen LogP contribution in [0.15, 0.2) is 18.2 Å². The molecule has 0 aliphatic carbocycles. The van der Waals surface area contributed by atoms with Crippen molar-refractivity contribution in [2.45, 2.75) is 19.5 Å². The number of hydrogen-bond acceptors (Lipinski definition) is 3. The van der Waals surface area contributed by atoms with Gasteiger partial charge in [-0.25, -0.2) is 4.39 Å². The van der Waals surface area contributed by atoms with Crippen LogP contribution in [-0.2, 0) is 11.3 Å². The lowest BCUT2D eigenvalue weighted by Crippen LogP contribution is -2.44. The largest absolute Gasteiger partial charge is 0.379 e. The molecule has 1 heterocycles. The summed E-state index contributed by atoms with van der Waals surface area (Å²) < 4.78 is 18.3. The molecule has 1 N–H and O–H groups in total. The number of nitrogens with one attached hydrogen (secondary N) is 1. The van der Waals surface area contributed by atoms with Gasteiger partial charge in [-0.05, 0) is 24.6 Å². The van der Waals surface area contributed by atoms with Crippen LogP contribution >= 0.6 is 11.6 Å². The SMILES string of the molecule is CC(CN1CCOCC1)NCc1ccc(F)cc1Cl. The van der Waals surface area contributed by atoms with Gasteiger partial charge in [0.25, 0.3) is 0 Å². The van der Waals surface area contributed by atoms with Gasteiger partial charge in [-0.2, -0.15) is 0 Å². The van der Waals surface area contributed by atoms with Crippen LogP contribution in [0.3, 0.4) is 0 Å². The van der Waals surface area contributed by atoms with E-state index in [-0.39, 0.29) is 5.82 Å². The number of rotatable bonds is 5. The highest BCUT2D eigenvalue weighted by Crippen LogP contribution is 2.17. The van der Waals surface area contributed by atoms with E-state index < -0.39 is 0 Å². The molecule has 1 atom stereocenters. The van der Waals surface area contributed by atoms with E-state index in [0.717, 1.165) is 38.4 Å². The molecule has 106 valence electrons. The Morgan fingerprint density at radius 1 is 1.42 bits per heavy atom. The molecule has 0 spiro atoms. The predicted octanol–water partition coefficient (Wildman–Crippen LogP) is 2.29. The maximum absolute atomic E-state index is 12.9. The monoisotopic (exact) mass is 286 g/mol. The maximum Gasteiger partial charge on any atom is 0.124 e. The molecule has 0 saturated carbocycles. The summed E-state index contributed by atoms with van der Waals surface area (Å²) in [5.74, 6) is -0.296. The van der Waals surface area contributed by atoms with E-state index in [4.69, 9.17) is 16.3 Å². The van der Waals surface area contributed by atoms with Gasteiger partial charge in [-0.15, -0.1) is 0 Å². The number of halogens is 2. The molecule has 0 radical (unpaired) electrons. The van der Waals surface area contributed by atoms with Gasteiger partial charge >= 0.3 is 0 Å². The molecule has 1 fully saturated rings. The van der Waals surface area contributed by atoms with Crippen LogP contribution in [-0.4, -0.2) is 43.8 Å². The lowest BCUT2D eigenvalue weighted by molar-refractivity contribution is 0.0343. The number of hydrogen-bond donors (Lipinski definition) is 1. The molecule has 1 aromatic rings. The molecule has 2 rings (SSSR count). The zero-order valence-corrected chi connectivity index (χ0v) is 11.9. The standard InChI is InChI=1S/C14H20ClFN2O/c1-11(10-18-4-6-19-7-5-18)17-9-12-2-3-13(16)8-14(12)15/h2-3,8,11,17H,4-7,9-10H2,1H3. The second-order valence-electron chi connectivity index (χ2n) is 4.93. The molecule has 1 aliphatic heterocycles. The lowest BCUT2D eigenvalue weighted by Gasteiger charge is -2.29. The quantitative estimate of drug-likeness (QED) is 0.899. The average Bonchev–Trinajstić information content (AvgIpc) is 2.39. The molecule has 1 saturated heterocycles. The summed E-state index contributed by atoms with van der Waals surface area (Å²) >= 11 is 6.00. The number of ether oxygens (including phenoxy) is 1. The first-order valence-electron chi connectivity index (χ1n) is 6.62. The van der Waals surface area contributed by atoms with Crippen molar-refractivity contribution in [1.29, 1.82) is 0 Å². The van der Waals surface area contributed by atoms with Crippen LogP contribution in [0, 0.1) is 5.82 Å². The normalized spacial score (nSPS) is 18.5. The summed E-state index contributed by atoms with van der Waals surface area (Å²) in [5.41, 5.74) is 0.928. The molecule has 1 aliphatic rings. The lowest BCUT2D eigenvalue weighted by atomic mass is 10.2. The van der Waals surface area contributed by atoms with E-state index in [1.165, 1.54) is 12.1 Å². The van der Waals surface area contributed by atoms with Crippen molar-refractivity contribution in [3.63, 3.8) is 0 Å². The van der Waals surface area contributed by atoms with Gasteiger partial charge in [0, 0.05) is 37.2 Å². The number of nitrogens with zero attached hydrogens (tertiary/aromatic N) is 1. The second-order valence-corrected chi connectivity index (χ2v) is 5.34. The minimum Gasteiger partial charge on any atom is -0.379 e. The summed E-state index contributed by atoms with van der Waals surface area (Å²) in [6, 6.07) is 4.88. The van der Waals surface area contributed by atoms with Crippen LogP contribution in [0.1, 0.15) is 12.5 Å². The fourth-order valence-electron chi connectivity index (χ4n) is 2.18. The van der Waals surface area contributed by atoms with Crippen molar-refractivity contribution in [3.05, 3.63) is 34.6 Å². The fraction of sp³-hybridized carbons (Fsp3) is 0.571. The smallest absolute Gasteiger partial charge is 0.124 e. The van der Waals surface area contributed by atoms with Gasteiger partial charge in [0.15, 0.2) is 0 Å². The first-order valence-corrected chi connectivity index (χ1v) is 7.00. The highest BCUT2D eigenvalue weighted by molar-refractivity contribution is 6.31. The Bertz CT molecular complexity index is 410. The van der Waals surface area contributed by atoms with Gasteiger partial charge in [-0.1, -0.05) is 17.7 Å². The van der Waals surface area contributed by atoms with Gasteiger partial charge in [0.2, 0.25) is 0 Å². The van der Waals surface area contributed by atoms with E-state index in [2.05, 4.69) is 17.1 Å². The Morgan fingerprint density at radius 2 is 2.16 bits per heavy atom. The van der Waals surface area contributed by atoms with E-state index in [0.29, 0.717) is 17.6 Å². The Kier molecular flexibility index (Phi) is 5.58. The molecule has 1 unspecified atom stereocenters. The van der Waals surface area contributed by atoms with Crippen LogP contribution in [0.5, 0.6) is 0 Å². The Labute approximate surface area is 118 Å². The Hall–Kier alpha value is -0.680. The summed E-state index contributed by atoms with van der Waals surface area (Å²) in [6.45, 7) is 7.40. The first-order chi connectivity index (χ1) is 9.15. The van der Waals surface area contributed by atoms with Crippen molar-refractivity contribution >= 4 is 11.6 Å². The van der Waals surface area contributed by atoms with E-state index in [1.807, 2.05) is 0 Å². The van der Waals surface area contributed by atoms with Crippen molar-refractivity contribution in [2.75, 3.05) is 32.8 Å². The zero-order chi connectivity index (χ0) is 13.7. The van der Waals surface area contributed by atoms with Crippen LogP contribution in [0.25, 0.3) is 0 Å². The van der Waals surface area contributed by atoms with Crippen molar-refractivity contribution in [3.8, 4) is 0 Å². The third-order valence-corrected chi connectivity index (χ3v) is 3.64. The molecule has 3 nitrogen and oxygen atoms in total. The van der Waals surface area contributed by atoms with E-state index >= 15 is 0 Å². The molecule has 0 bridgehead atoms. The summed E-state index contributed by atoms with van der Waals surface area (Å²) in [7, 11) is 0. The highest BCUT2D eigenvalue weighted by Gasteiger charge is 2.13. The Balaban J connectivity index is 1.77. The van der Waals surface area contributed by atoms with Gasteiger partial charge in [0.05, 0.1) is 13.2 Å². The summed E-state index contributed by atoms with van der Waals surface area (Å²) in [4.78, 5) is 2.38. The van der Waals surface area contributed by atoms with Crippen LogP contribution in [0.4, 0.5) is 4.39 Å². The number of morpholine rings is 1. The third kappa shape index (κ3) is 4.73. The van der Waals surface area contributed by atoms with Crippen molar-refractivity contribution < 1.29 is 9.13 Å². The molecule has 0 aromatic heterocycles. The number of benzene rings is 1. The van der Waals surface area contributed by atoms with Gasteiger partial charge in [0.1, 0.15) is 5.82 Å². The van der Waals surface area contributed by atoms with E-state index in [9.17, 15) is 4.39 Å². The summed E-state index contributed by atoms with van der Waals surface area (Å²) in [6.07, 6.45) is 0. The van der Waals surface area contributed by atoms with Gasteiger partial charge in [-0.3, -0.25) is 4.90 Å². The molecule has 1 aromatic carbocycles. The zero-order valence-electron chi connectivity index (χ0n) is 11.2. The minimum atomic E-state index is -0.296. The molecule has 19 heavy (non-hydrogen) atoms. The predicted molar refractivity (Wildman–Crippen MR) is 75.0 cm³/mol. The topological polar surface area (TPSA) is 24.5 Å². The van der Waals surface area contributed by atoms with Crippen molar-refractivity contribution in [2.24, 2.45) is 0 Å². The maximum atomic E-state index is 12.9. The van der Waals surface area contributed by atoms with Crippen LogP contribution < -0.4 is 5.32 Å².